The third-order valence-electron chi connectivity index (χ3n) is 2.48. The standard InChI is InChI=1S/C12H13N3O2S/c13-9(6-11(14)16)12(17)15-8-1-2-10-7(5-8)3-4-18-10/h1-5,9H,6,13H2,(H2,14,16)(H,15,17). The average molecular weight is 263 g/mol. The largest absolute Gasteiger partial charge is 0.370 e. The van der Waals surface area contributed by atoms with E-state index in [1.54, 1.807) is 17.4 Å². The van der Waals surface area contributed by atoms with Gasteiger partial charge in [0.1, 0.15) is 0 Å². The van der Waals surface area contributed by atoms with Crippen molar-refractivity contribution in [1.82, 2.24) is 0 Å². The highest BCUT2D eigenvalue weighted by Gasteiger charge is 2.16. The third kappa shape index (κ3) is 2.85. The normalized spacial score (nSPS) is 12.3. The molecule has 5 nitrogen and oxygen atoms in total. The zero-order valence-corrected chi connectivity index (χ0v) is 10.4. The van der Waals surface area contributed by atoms with Gasteiger partial charge in [-0.05, 0) is 35.0 Å². The van der Waals surface area contributed by atoms with E-state index in [1.165, 1.54) is 0 Å². The molecule has 1 aromatic heterocycles. The van der Waals surface area contributed by atoms with Crippen LogP contribution in [0.1, 0.15) is 6.42 Å². The quantitative estimate of drug-likeness (QED) is 0.768. The first kappa shape index (κ1) is 12.5. The maximum absolute atomic E-state index is 11.7. The van der Waals surface area contributed by atoms with E-state index in [0.717, 1.165) is 10.1 Å². The Labute approximate surface area is 108 Å². The molecule has 1 atom stereocenters. The summed E-state index contributed by atoms with van der Waals surface area (Å²) in [5.41, 5.74) is 11.2. The zero-order valence-electron chi connectivity index (χ0n) is 9.55. The summed E-state index contributed by atoms with van der Waals surface area (Å²) in [6.45, 7) is 0. The molecule has 18 heavy (non-hydrogen) atoms. The Kier molecular flexibility index (Phi) is 3.59. The fourth-order valence-electron chi connectivity index (χ4n) is 1.59. The van der Waals surface area contributed by atoms with Crippen LogP contribution in [0, 0.1) is 0 Å². The number of carbonyl (C=O) groups is 2. The van der Waals surface area contributed by atoms with Gasteiger partial charge in [-0.3, -0.25) is 9.59 Å². The van der Waals surface area contributed by atoms with Crippen LogP contribution in [-0.4, -0.2) is 17.9 Å². The molecule has 1 heterocycles. The lowest BCUT2D eigenvalue weighted by Crippen LogP contribution is -2.38. The van der Waals surface area contributed by atoms with Crippen molar-refractivity contribution >= 4 is 38.9 Å². The molecule has 2 amide bonds. The van der Waals surface area contributed by atoms with Gasteiger partial charge in [0.05, 0.1) is 12.5 Å². The Bertz CT molecular complexity index is 594. The number of nitrogens with two attached hydrogens (primary N) is 2. The highest BCUT2D eigenvalue weighted by atomic mass is 32.1. The molecular weight excluding hydrogens is 250 g/mol. The number of thiophene rings is 1. The van der Waals surface area contributed by atoms with Crippen LogP contribution in [0.2, 0.25) is 0 Å². The Morgan fingerprint density at radius 1 is 1.33 bits per heavy atom. The first-order valence-corrected chi connectivity index (χ1v) is 6.26. The molecule has 0 aliphatic carbocycles. The van der Waals surface area contributed by atoms with Crippen molar-refractivity contribution in [2.45, 2.75) is 12.5 Å². The summed E-state index contributed by atoms with van der Waals surface area (Å²) in [4.78, 5) is 22.4. The summed E-state index contributed by atoms with van der Waals surface area (Å²) in [6.07, 6.45) is -0.160. The van der Waals surface area contributed by atoms with Gasteiger partial charge in [0.25, 0.3) is 0 Å². The van der Waals surface area contributed by atoms with Gasteiger partial charge in [-0.2, -0.15) is 0 Å². The number of nitrogens with one attached hydrogen (secondary N) is 1. The Morgan fingerprint density at radius 3 is 2.83 bits per heavy atom. The maximum atomic E-state index is 11.7. The van der Waals surface area contributed by atoms with Gasteiger partial charge in [0.15, 0.2) is 0 Å². The second kappa shape index (κ2) is 5.16. The lowest BCUT2D eigenvalue weighted by Gasteiger charge is -2.10. The molecule has 1 aromatic carbocycles. The van der Waals surface area contributed by atoms with Gasteiger partial charge in [0.2, 0.25) is 11.8 Å². The first-order chi connectivity index (χ1) is 8.56. The smallest absolute Gasteiger partial charge is 0.241 e. The topological polar surface area (TPSA) is 98.2 Å². The van der Waals surface area contributed by atoms with Crippen LogP contribution in [-0.2, 0) is 9.59 Å². The van der Waals surface area contributed by atoms with Crippen LogP contribution < -0.4 is 16.8 Å². The van der Waals surface area contributed by atoms with Crippen LogP contribution in [0.3, 0.4) is 0 Å². The number of benzene rings is 1. The van der Waals surface area contributed by atoms with E-state index < -0.39 is 17.9 Å². The maximum Gasteiger partial charge on any atom is 0.241 e. The first-order valence-electron chi connectivity index (χ1n) is 5.38. The van der Waals surface area contributed by atoms with Crippen LogP contribution in [0.5, 0.6) is 0 Å². The number of primary amides is 1. The molecule has 0 radical (unpaired) electrons. The Hall–Kier alpha value is -1.92. The number of fused-ring (bicyclic) bond motifs is 1. The highest BCUT2D eigenvalue weighted by Crippen LogP contribution is 2.23. The monoisotopic (exact) mass is 263 g/mol. The molecule has 5 N–H and O–H groups in total. The number of amides is 2. The summed E-state index contributed by atoms with van der Waals surface area (Å²) in [6, 6.07) is 6.64. The highest BCUT2D eigenvalue weighted by molar-refractivity contribution is 7.17. The number of hydrogen-bond acceptors (Lipinski definition) is 4. The van der Waals surface area contributed by atoms with Crippen LogP contribution in [0.4, 0.5) is 5.69 Å². The number of anilines is 1. The van der Waals surface area contributed by atoms with E-state index in [0.29, 0.717) is 5.69 Å². The predicted molar refractivity (Wildman–Crippen MR) is 72.2 cm³/mol. The SMILES string of the molecule is NC(=O)CC(N)C(=O)Nc1ccc2sccc2c1. The lowest BCUT2D eigenvalue weighted by molar-refractivity contribution is -0.123. The van der Waals surface area contributed by atoms with Crippen molar-refractivity contribution < 1.29 is 9.59 Å². The molecule has 1 unspecified atom stereocenters. The van der Waals surface area contributed by atoms with Crippen molar-refractivity contribution in [1.29, 1.82) is 0 Å². The molecule has 2 rings (SSSR count). The molecule has 2 aromatic rings. The van der Waals surface area contributed by atoms with Crippen LogP contribution in [0.15, 0.2) is 29.6 Å². The van der Waals surface area contributed by atoms with Crippen molar-refractivity contribution in [3.8, 4) is 0 Å². The summed E-state index contributed by atoms with van der Waals surface area (Å²) in [5, 5.41) is 5.70. The molecule has 0 aliphatic heterocycles. The second-order valence-electron chi connectivity index (χ2n) is 3.94. The van der Waals surface area contributed by atoms with Gasteiger partial charge in [-0.25, -0.2) is 0 Å². The minimum Gasteiger partial charge on any atom is -0.370 e. The summed E-state index contributed by atoms with van der Waals surface area (Å²) >= 11 is 1.63. The minimum absolute atomic E-state index is 0.160. The van der Waals surface area contributed by atoms with Crippen molar-refractivity contribution in [2.75, 3.05) is 5.32 Å². The molecule has 6 heteroatoms. The van der Waals surface area contributed by atoms with E-state index in [9.17, 15) is 9.59 Å². The van der Waals surface area contributed by atoms with Gasteiger partial charge < -0.3 is 16.8 Å². The molecule has 0 saturated carbocycles. The Morgan fingerprint density at radius 2 is 2.11 bits per heavy atom. The molecule has 0 fully saturated rings. The zero-order chi connectivity index (χ0) is 13.1. The summed E-state index contributed by atoms with van der Waals surface area (Å²) in [7, 11) is 0. The third-order valence-corrected chi connectivity index (χ3v) is 3.38. The van der Waals surface area contributed by atoms with Crippen molar-refractivity contribution in [3.05, 3.63) is 29.6 Å². The van der Waals surface area contributed by atoms with E-state index in [-0.39, 0.29) is 6.42 Å². The van der Waals surface area contributed by atoms with Crippen LogP contribution >= 0.6 is 11.3 Å². The van der Waals surface area contributed by atoms with Gasteiger partial charge in [-0.15, -0.1) is 11.3 Å². The molecular formula is C12H13N3O2S. The number of carbonyl (C=O) groups excluding carboxylic acids is 2. The summed E-state index contributed by atoms with van der Waals surface area (Å²) < 4.78 is 1.15. The van der Waals surface area contributed by atoms with E-state index >= 15 is 0 Å². The van der Waals surface area contributed by atoms with Crippen molar-refractivity contribution in [2.24, 2.45) is 11.5 Å². The minimum atomic E-state index is -0.916. The van der Waals surface area contributed by atoms with Crippen LogP contribution in [0.25, 0.3) is 10.1 Å². The second-order valence-corrected chi connectivity index (χ2v) is 4.89. The fraction of sp³-hybridized carbons (Fsp3) is 0.167. The average Bonchev–Trinajstić information content (AvgIpc) is 2.75. The molecule has 0 aliphatic rings. The number of hydrogen-bond donors (Lipinski definition) is 3. The van der Waals surface area contributed by atoms with Gasteiger partial charge >= 0.3 is 0 Å². The molecule has 94 valence electrons. The van der Waals surface area contributed by atoms with E-state index in [1.807, 2.05) is 23.6 Å². The predicted octanol–water partition coefficient (Wildman–Crippen LogP) is 1.04. The van der Waals surface area contributed by atoms with Gasteiger partial charge in [-0.1, -0.05) is 0 Å². The Balaban J connectivity index is 2.08. The summed E-state index contributed by atoms with van der Waals surface area (Å²) in [5.74, 6) is -1.01. The lowest BCUT2D eigenvalue weighted by atomic mass is 10.2. The number of rotatable bonds is 4. The van der Waals surface area contributed by atoms with Gasteiger partial charge in [0, 0.05) is 10.4 Å². The fourth-order valence-corrected chi connectivity index (χ4v) is 2.36. The molecule has 0 spiro atoms. The molecule has 0 saturated heterocycles. The van der Waals surface area contributed by atoms with E-state index in [4.69, 9.17) is 11.5 Å². The molecule has 0 bridgehead atoms. The van der Waals surface area contributed by atoms with E-state index in [2.05, 4.69) is 5.32 Å². The van der Waals surface area contributed by atoms with Crippen molar-refractivity contribution in [3.63, 3.8) is 0 Å².